The van der Waals surface area contributed by atoms with Crippen molar-refractivity contribution in [3.05, 3.63) is 34.4 Å². The third-order valence-electron chi connectivity index (χ3n) is 2.76. The fourth-order valence-corrected chi connectivity index (χ4v) is 2.46. The molecule has 0 aliphatic rings. The number of aromatic amines is 1. The van der Waals surface area contributed by atoms with Crippen molar-refractivity contribution in [1.29, 1.82) is 0 Å². The Bertz CT molecular complexity index is 582. The average Bonchev–Trinajstić information content (AvgIpc) is 2.82. The molecule has 6 heteroatoms. The largest absolute Gasteiger partial charge is 0.389 e. The van der Waals surface area contributed by atoms with Gasteiger partial charge in [-0.15, -0.1) is 0 Å². The number of carbonyl (C=O) groups is 1. The van der Waals surface area contributed by atoms with Gasteiger partial charge < -0.3 is 20.1 Å². The van der Waals surface area contributed by atoms with Gasteiger partial charge in [0.25, 0.3) is 5.91 Å². The Kier molecular flexibility index (Phi) is 4.57. The lowest BCUT2D eigenvalue weighted by molar-refractivity contribution is 0.0610. The summed E-state index contributed by atoms with van der Waals surface area (Å²) >= 11 is 3.43. The van der Waals surface area contributed by atoms with Crippen LogP contribution in [0.4, 0.5) is 0 Å². The number of benzene rings is 1. The normalized spacial score (nSPS) is 12.6. The number of aliphatic hydroxyl groups is 1. The Morgan fingerprint density at radius 3 is 3.11 bits per heavy atom. The van der Waals surface area contributed by atoms with Gasteiger partial charge in [0, 0.05) is 35.2 Å². The van der Waals surface area contributed by atoms with Crippen molar-refractivity contribution < 1.29 is 14.6 Å². The number of nitrogens with one attached hydrogen (secondary N) is 2. The lowest BCUT2D eigenvalue weighted by Gasteiger charge is -2.10. The highest BCUT2D eigenvalue weighted by molar-refractivity contribution is 9.10. The van der Waals surface area contributed by atoms with Crippen LogP contribution >= 0.6 is 15.9 Å². The summed E-state index contributed by atoms with van der Waals surface area (Å²) < 4.78 is 5.66. The van der Waals surface area contributed by atoms with Crippen molar-refractivity contribution in [3.63, 3.8) is 0 Å². The number of hydrogen-bond donors (Lipinski definition) is 3. The van der Waals surface area contributed by atoms with E-state index in [1.165, 1.54) is 7.11 Å². The molecule has 102 valence electrons. The van der Waals surface area contributed by atoms with Crippen molar-refractivity contribution >= 4 is 32.7 Å². The van der Waals surface area contributed by atoms with Crippen molar-refractivity contribution in [3.8, 4) is 0 Å². The van der Waals surface area contributed by atoms with Crippen molar-refractivity contribution in [2.24, 2.45) is 0 Å². The summed E-state index contributed by atoms with van der Waals surface area (Å²) in [6, 6.07) is 5.68. The van der Waals surface area contributed by atoms with Crippen molar-refractivity contribution in [2.75, 3.05) is 20.3 Å². The predicted molar refractivity (Wildman–Crippen MR) is 76.2 cm³/mol. The molecule has 0 saturated heterocycles. The van der Waals surface area contributed by atoms with Crippen LogP contribution in [0.5, 0.6) is 0 Å². The summed E-state index contributed by atoms with van der Waals surface area (Å²) in [7, 11) is 1.50. The van der Waals surface area contributed by atoms with Gasteiger partial charge in [-0.25, -0.2) is 0 Å². The minimum absolute atomic E-state index is 0.157. The number of aliphatic hydroxyl groups excluding tert-OH is 1. The standard InChI is InChI=1S/C13H15BrN2O3/c1-19-7-8(17)5-16-13(18)9-6-15-11-4-2-3-10(14)12(9)11/h2-4,6,8,15,17H,5,7H2,1H3,(H,16,18). The van der Waals surface area contributed by atoms with Crippen molar-refractivity contribution in [1.82, 2.24) is 10.3 Å². The third-order valence-corrected chi connectivity index (χ3v) is 3.42. The van der Waals surface area contributed by atoms with E-state index in [4.69, 9.17) is 4.74 Å². The fourth-order valence-electron chi connectivity index (χ4n) is 1.88. The first-order valence-corrected chi connectivity index (χ1v) is 6.63. The van der Waals surface area contributed by atoms with Gasteiger partial charge in [0.05, 0.1) is 18.3 Å². The summed E-state index contributed by atoms with van der Waals surface area (Å²) in [5.74, 6) is -0.228. The van der Waals surface area contributed by atoms with Gasteiger partial charge in [0.1, 0.15) is 0 Å². The molecule has 1 heterocycles. The van der Waals surface area contributed by atoms with Crippen molar-refractivity contribution in [2.45, 2.75) is 6.10 Å². The van der Waals surface area contributed by atoms with E-state index in [1.807, 2.05) is 18.2 Å². The molecular formula is C13H15BrN2O3. The number of aromatic nitrogens is 1. The van der Waals surface area contributed by atoms with Crippen LogP contribution in [-0.2, 0) is 4.74 Å². The van der Waals surface area contributed by atoms with Crippen LogP contribution in [-0.4, -0.2) is 42.4 Å². The Labute approximate surface area is 119 Å². The van der Waals surface area contributed by atoms with Gasteiger partial charge in [-0.1, -0.05) is 22.0 Å². The monoisotopic (exact) mass is 326 g/mol. The maximum atomic E-state index is 12.1. The molecule has 0 bridgehead atoms. The number of methoxy groups -OCH3 is 1. The molecule has 2 aromatic rings. The SMILES string of the molecule is COCC(O)CNC(=O)c1c[nH]c2cccc(Br)c12. The minimum Gasteiger partial charge on any atom is -0.389 e. The number of carbonyl (C=O) groups excluding carboxylic acids is 1. The molecule has 1 aromatic carbocycles. The molecule has 5 nitrogen and oxygen atoms in total. The van der Waals surface area contributed by atoms with Crippen LogP contribution in [0, 0.1) is 0 Å². The highest BCUT2D eigenvalue weighted by Crippen LogP contribution is 2.26. The molecular weight excluding hydrogens is 312 g/mol. The summed E-state index contributed by atoms with van der Waals surface area (Å²) in [5, 5.41) is 13.0. The van der Waals surface area contributed by atoms with E-state index >= 15 is 0 Å². The second-order valence-electron chi connectivity index (χ2n) is 4.18. The molecule has 19 heavy (non-hydrogen) atoms. The van der Waals surface area contributed by atoms with Crippen LogP contribution in [0.3, 0.4) is 0 Å². The van der Waals surface area contributed by atoms with Gasteiger partial charge in [-0.05, 0) is 12.1 Å². The van der Waals surface area contributed by atoms with Gasteiger partial charge >= 0.3 is 0 Å². The van der Waals surface area contributed by atoms with Gasteiger partial charge in [0.15, 0.2) is 0 Å². The molecule has 0 aliphatic heterocycles. The van der Waals surface area contributed by atoms with E-state index in [-0.39, 0.29) is 19.1 Å². The molecule has 0 spiro atoms. The van der Waals surface area contributed by atoms with E-state index in [2.05, 4.69) is 26.2 Å². The van der Waals surface area contributed by atoms with E-state index in [0.717, 1.165) is 15.4 Å². The van der Waals surface area contributed by atoms with Crippen LogP contribution < -0.4 is 5.32 Å². The van der Waals surface area contributed by atoms with E-state index < -0.39 is 6.10 Å². The average molecular weight is 327 g/mol. The van der Waals surface area contributed by atoms with Gasteiger partial charge in [-0.3, -0.25) is 4.79 Å². The quantitative estimate of drug-likeness (QED) is 0.782. The van der Waals surface area contributed by atoms with Crippen LogP contribution in [0.1, 0.15) is 10.4 Å². The third kappa shape index (κ3) is 3.15. The highest BCUT2D eigenvalue weighted by atomic mass is 79.9. The Morgan fingerprint density at radius 1 is 1.58 bits per heavy atom. The molecule has 0 saturated carbocycles. The second kappa shape index (κ2) is 6.18. The maximum absolute atomic E-state index is 12.1. The van der Waals surface area contributed by atoms with E-state index in [9.17, 15) is 9.90 Å². The summed E-state index contributed by atoms with van der Waals surface area (Å²) in [4.78, 5) is 15.1. The predicted octanol–water partition coefficient (Wildman–Crippen LogP) is 1.67. The molecule has 1 atom stereocenters. The van der Waals surface area contributed by atoms with Gasteiger partial charge in [-0.2, -0.15) is 0 Å². The number of ether oxygens (including phenoxy) is 1. The topological polar surface area (TPSA) is 74.3 Å². The first-order valence-electron chi connectivity index (χ1n) is 5.84. The lowest BCUT2D eigenvalue weighted by atomic mass is 10.1. The van der Waals surface area contributed by atoms with E-state index in [1.54, 1.807) is 6.20 Å². The zero-order chi connectivity index (χ0) is 13.8. The summed E-state index contributed by atoms with van der Waals surface area (Å²) in [6.45, 7) is 0.349. The molecule has 0 aliphatic carbocycles. The van der Waals surface area contributed by atoms with E-state index in [0.29, 0.717) is 5.56 Å². The number of fused-ring (bicyclic) bond motifs is 1. The molecule has 1 amide bonds. The van der Waals surface area contributed by atoms with Crippen LogP contribution in [0.15, 0.2) is 28.9 Å². The fraction of sp³-hybridized carbons (Fsp3) is 0.308. The first-order chi connectivity index (χ1) is 9.13. The number of rotatable bonds is 5. The molecule has 0 radical (unpaired) electrons. The first kappa shape index (κ1) is 14.0. The number of halogens is 1. The zero-order valence-electron chi connectivity index (χ0n) is 10.4. The van der Waals surface area contributed by atoms with Crippen LogP contribution in [0.2, 0.25) is 0 Å². The number of hydrogen-bond acceptors (Lipinski definition) is 3. The molecule has 2 rings (SSSR count). The number of H-pyrrole nitrogens is 1. The molecule has 0 fully saturated rings. The Morgan fingerprint density at radius 2 is 2.37 bits per heavy atom. The Balaban J connectivity index is 2.14. The second-order valence-corrected chi connectivity index (χ2v) is 5.04. The zero-order valence-corrected chi connectivity index (χ0v) is 12.0. The molecule has 1 aromatic heterocycles. The molecule has 3 N–H and O–H groups in total. The summed E-state index contributed by atoms with van der Waals surface area (Å²) in [5.41, 5.74) is 1.43. The Hall–Kier alpha value is -1.37. The highest BCUT2D eigenvalue weighted by Gasteiger charge is 2.15. The number of amides is 1. The van der Waals surface area contributed by atoms with Crippen LogP contribution in [0.25, 0.3) is 10.9 Å². The molecule has 1 unspecified atom stereocenters. The smallest absolute Gasteiger partial charge is 0.253 e. The van der Waals surface area contributed by atoms with Gasteiger partial charge in [0.2, 0.25) is 0 Å². The minimum atomic E-state index is -0.706. The maximum Gasteiger partial charge on any atom is 0.253 e. The lowest BCUT2D eigenvalue weighted by Crippen LogP contribution is -2.34. The summed E-state index contributed by atoms with van der Waals surface area (Å²) in [6.07, 6.45) is 0.954.